The first kappa shape index (κ1) is 16.3. The molecule has 0 aliphatic carbocycles. The summed E-state index contributed by atoms with van der Waals surface area (Å²) in [5.41, 5.74) is 1.33. The molecule has 0 unspecified atom stereocenters. The van der Waals surface area contributed by atoms with E-state index in [1.807, 2.05) is 0 Å². The smallest absolute Gasteiger partial charge is 0.325 e. The zero-order chi connectivity index (χ0) is 17.1. The number of ether oxygens (including phenoxy) is 1. The van der Waals surface area contributed by atoms with Crippen molar-refractivity contribution in [3.8, 4) is 11.3 Å². The van der Waals surface area contributed by atoms with E-state index in [0.29, 0.717) is 34.4 Å². The molecule has 124 valence electrons. The van der Waals surface area contributed by atoms with Crippen molar-refractivity contribution in [2.75, 3.05) is 18.5 Å². The third-order valence-electron chi connectivity index (χ3n) is 3.42. The van der Waals surface area contributed by atoms with Gasteiger partial charge in [-0.3, -0.25) is 9.20 Å². The number of aromatic nitrogens is 2. The van der Waals surface area contributed by atoms with Gasteiger partial charge in [-0.15, -0.1) is 0 Å². The summed E-state index contributed by atoms with van der Waals surface area (Å²) in [6.45, 7) is 1.96. The first-order valence-corrected chi connectivity index (χ1v) is 7.80. The van der Waals surface area contributed by atoms with Gasteiger partial charge < -0.3 is 10.1 Å². The van der Waals surface area contributed by atoms with E-state index in [9.17, 15) is 9.18 Å². The van der Waals surface area contributed by atoms with E-state index in [0.717, 1.165) is 0 Å². The summed E-state index contributed by atoms with van der Waals surface area (Å²) in [4.78, 5) is 16.1. The minimum atomic E-state index is -0.408. The summed E-state index contributed by atoms with van der Waals surface area (Å²) in [5, 5.41) is 3.47. The van der Waals surface area contributed by atoms with Crippen LogP contribution in [0.5, 0.6) is 0 Å². The van der Waals surface area contributed by atoms with Crippen molar-refractivity contribution < 1.29 is 13.9 Å². The monoisotopic (exact) mass is 347 g/mol. The largest absolute Gasteiger partial charge is 0.465 e. The van der Waals surface area contributed by atoms with Gasteiger partial charge >= 0.3 is 5.97 Å². The Balaban J connectivity index is 2.09. The molecule has 3 aromatic rings. The number of halogens is 2. The molecule has 0 saturated heterocycles. The van der Waals surface area contributed by atoms with Crippen LogP contribution in [0, 0.1) is 5.82 Å². The Kier molecular flexibility index (Phi) is 4.66. The molecule has 0 spiro atoms. The average Bonchev–Trinajstić information content (AvgIpc) is 2.91. The lowest BCUT2D eigenvalue weighted by atomic mass is 10.1. The first-order valence-electron chi connectivity index (χ1n) is 7.42. The number of benzene rings is 1. The molecule has 0 radical (unpaired) electrons. The number of carbonyl (C=O) groups excluding carboxylic acids is 1. The van der Waals surface area contributed by atoms with E-state index in [4.69, 9.17) is 16.3 Å². The fourth-order valence-corrected chi connectivity index (χ4v) is 2.56. The highest BCUT2D eigenvalue weighted by Gasteiger charge is 2.18. The van der Waals surface area contributed by atoms with E-state index in [1.165, 1.54) is 6.07 Å². The van der Waals surface area contributed by atoms with Crippen molar-refractivity contribution in [3.63, 3.8) is 0 Å². The van der Waals surface area contributed by atoms with Gasteiger partial charge in [-0.1, -0.05) is 23.7 Å². The summed E-state index contributed by atoms with van der Waals surface area (Å²) in [7, 11) is 0. The van der Waals surface area contributed by atoms with Crippen molar-refractivity contribution in [2.24, 2.45) is 0 Å². The Morgan fingerprint density at radius 2 is 2.12 bits per heavy atom. The van der Waals surface area contributed by atoms with Crippen LogP contribution < -0.4 is 5.32 Å². The lowest BCUT2D eigenvalue weighted by Gasteiger charge is -2.09. The van der Waals surface area contributed by atoms with Crippen LogP contribution in [0.4, 0.5) is 10.2 Å². The third kappa shape index (κ3) is 3.19. The van der Waals surface area contributed by atoms with Crippen LogP contribution in [0.25, 0.3) is 16.9 Å². The molecule has 1 N–H and O–H groups in total. The molecule has 0 aliphatic rings. The van der Waals surface area contributed by atoms with Crippen LogP contribution in [-0.4, -0.2) is 28.5 Å². The highest BCUT2D eigenvalue weighted by atomic mass is 35.5. The van der Waals surface area contributed by atoms with Gasteiger partial charge in [0.25, 0.3) is 0 Å². The van der Waals surface area contributed by atoms with Crippen molar-refractivity contribution >= 4 is 29.0 Å². The number of imidazole rings is 1. The standard InChI is InChI=1S/C17H15ClFN3O2/c1-2-24-15(23)9-20-17-16(12-5-3-4-6-13(12)19)21-14-8-7-11(18)10-22(14)17/h3-8,10,20H,2,9H2,1H3. The number of nitrogens with one attached hydrogen (secondary N) is 1. The number of carbonyl (C=O) groups is 1. The van der Waals surface area contributed by atoms with Crippen LogP contribution in [0.2, 0.25) is 5.02 Å². The Labute approximate surface area is 143 Å². The zero-order valence-corrected chi connectivity index (χ0v) is 13.7. The third-order valence-corrected chi connectivity index (χ3v) is 3.64. The fraction of sp³-hybridized carbons (Fsp3) is 0.176. The highest BCUT2D eigenvalue weighted by Crippen LogP contribution is 2.31. The summed E-state index contributed by atoms with van der Waals surface area (Å²) in [5.74, 6) is -0.328. The van der Waals surface area contributed by atoms with E-state index < -0.39 is 11.8 Å². The second-order valence-electron chi connectivity index (χ2n) is 5.02. The molecule has 1 aromatic carbocycles. The second-order valence-corrected chi connectivity index (χ2v) is 5.46. The van der Waals surface area contributed by atoms with Gasteiger partial charge in [0.2, 0.25) is 0 Å². The van der Waals surface area contributed by atoms with Gasteiger partial charge in [-0.25, -0.2) is 9.37 Å². The topological polar surface area (TPSA) is 55.6 Å². The molecule has 0 fully saturated rings. The second kappa shape index (κ2) is 6.88. The minimum absolute atomic E-state index is 0.0599. The molecule has 5 nitrogen and oxygen atoms in total. The Hall–Kier alpha value is -2.60. The Morgan fingerprint density at radius 3 is 2.88 bits per heavy atom. The number of rotatable bonds is 5. The first-order chi connectivity index (χ1) is 11.6. The zero-order valence-electron chi connectivity index (χ0n) is 12.9. The fourth-order valence-electron chi connectivity index (χ4n) is 2.40. The molecule has 0 atom stereocenters. The predicted octanol–water partition coefficient (Wildman–Crippen LogP) is 3.77. The van der Waals surface area contributed by atoms with Crippen LogP contribution in [0.3, 0.4) is 0 Å². The molecule has 2 aromatic heterocycles. The van der Waals surface area contributed by atoms with Crippen molar-refractivity contribution in [2.45, 2.75) is 6.92 Å². The summed E-state index contributed by atoms with van der Waals surface area (Å²) < 4.78 is 20.8. The van der Waals surface area contributed by atoms with Crippen molar-refractivity contribution in [1.29, 1.82) is 0 Å². The SMILES string of the molecule is CCOC(=O)CNc1c(-c2ccccc2F)nc2ccc(Cl)cn12. The molecule has 2 heterocycles. The maximum atomic E-state index is 14.2. The lowest BCUT2D eigenvalue weighted by molar-refractivity contribution is -0.140. The van der Waals surface area contributed by atoms with Crippen molar-refractivity contribution in [1.82, 2.24) is 9.38 Å². The summed E-state index contributed by atoms with van der Waals surface area (Å²) in [6, 6.07) is 9.75. The molecular formula is C17H15ClFN3O2. The number of esters is 1. The molecule has 24 heavy (non-hydrogen) atoms. The minimum Gasteiger partial charge on any atom is -0.465 e. The Bertz CT molecular complexity index is 895. The van der Waals surface area contributed by atoms with Gasteiger partial charge in [0.1, 0.15) is 29.5 Å². The van der Waals surface area contributed by atoms with Crippen LogP contribution in [0.1, 0.15) is 6.92 Å². The van der Waals surface area contributed by atoms with E-state index >= 15 is 0 Å². The number of pyridine rings is 1. The molecule has 3 rings (SSSR count). The maximum Gasteiger partial charge on any atom is 0.325 e. The van der Waals surface area contributed by atoms with Gasteiger partial charge in [0.05, 0.1) is 11.6 Å². The van der Waals surface area contributed by atoms with Crippen LogP contribution in [0.15, 0.2) is 42.6 Å². The van der Waals surface area contributed by atoms with Crippen LogP contribution in [-0.2, 0) is 9.53 Å². The quantitative estimate of drug-likeness (QED) is 0.714. The van der Waals surface area contributed by atoms with Crippen molar-refractivity contribution in [3.05, 3.63) is 53.4 Å². The number of hydrogen-bond acceptors (Lipinski definition) is 4. The molecule has 0 bridgehead atoms. The number of nitrogens with zero attached hydrogens (tertiary/aromatic N) is 2. The summed E-state index contributed by atoms with van der Waals surface area (Å²) in [6.07, 6.45) is 1.65. The maximum absolute atomic E-state index is 14.2. The van der Waals surface area contributed by atoms with Crippen LogP contribution >= 0.6 is 11.6 Å². The highest BCUT2D eigenvalue weighted by molar-refractivity contribution is 6.30. The number of hydrogen-bond donors (Lipinski definition) is 1. The van der Waals surface area contributed by atoms with Gasteiger partial charge in [-0.05, 0) is 31.2 Å². The molecule has 0 saturated carbocycles. The normalized spacial score (nSPS) is 10.8. The molecule has 0 amide bonds. The lowest BCUT2D eigenvalue weighted by Crippen LogP contribution is -2.18. The van der Waals surface area contributed by atoms with Gasteiger partial charge in [0.15, 0.2) is 0 Å². The molecule has 0 aliphatic heterocycles. The predicted molar refractivity (Wildman–Crippen MR) is 90.7 cm³/mol. The van der Waals surface area contributed by atoms with E-state index in [-0.39, 0.29) is 6.54 Å². The number of anilines is 1. The van der Waals surface area contributed by atoms with Gasteiger partial charge in [-0.2, -0.15) is 0 Å². The Morgan fingerprint density at radius 1 is 1.33 bits per heavy atom. The van der Waals surface area contributed by atoms with E-state index in [2.05, 4.69) is 10.3 Å². The number of fused-ring (bicyclic) bond motifs is 1. The molecule has 7 heteroatoms. The van der Waals surface area contributed by atoms with Gasteiger partial charge in [0, 0.05) is 11.8 Å². The average molecular weight is 348 g/mol. The van der Waals surface area contributed by atoms with E-state index in [1.54, 1.807) is 47.9 Å². The summed E-state index contributed by atoms with van der Waals surface area (Å²) >= 11 is 6.05. The molecular weight excluding hydrogens is 333 g/mol.